The van der Waals surface area contributed by atoms with Crippen molar-refractivity contribution in [2.45, 2.75) is 47.1 Å². The van der Waals surface area contributed by atoms with E-state index in [9.17, 15) is 14.0 Å². The monoisotopic (exact) mass is 600 g/mol. The topological polar surface area (TPSA) is 79.1 Å². The summed E-state index contributed by atoms with van der Waals surface area (Å²) in [4.78, 5) is 32.3. The van der Waals surface area contributed by atoms with Gasteiger partial charge in [0.1, 0.15) is 5.82 Å². The Kier molecular flexibility index (Phi) is 9.71. The zero-order valence-corrected chi connectivity index (χ0v) is 25.6. The summed E-state index contributed by atoms with van der Waals surface area (Å²) in [5.74, 6) is 0.513. The van der Waals surface area contributed by atoms with Gasteiger partial charge in [-0.1, -0.05) is 62.8 Å². The number of esters is 1. The number of hydrogen-bond donors (Lipinski definition) is 0. The van der Waals surface area contributed by atoms with Crippen LogP contribution in [0, 0.1) is 17.7 Å². The zero-order chi connectivity index (χ0) is 29.8. The van der Waals surface area contributed by atoms with E-state index in [2.05, 4.69) is 18.8 Å². The number of halogens is 2. The lowest BCUT2D eigenvalue weighted by molar-refractivity contribution is -0.140. The van der Waals surface area contributed by atoms with E-state index in [0.29, 0.717) is 40.1 Å². The van der Waals surface area contributed by atoms with Gasteiger partial charge in [0.25, 0.3) is 5.56 Å². The van der Waals surface area contributed by atoms with E-state index in [1.807, 2.05) is 13.8 Å². The molecule has 2 aromatic carbocycles. The summed E-state index contributed by atoms with van der Waals surface area (Å²) >= 11 is 7.33. The second kappa shape index (κ2) is 13.0. The van der Waals surface area contributed by atoms with Crippen molar-refractivity contribution >= 4 is 35.0 Å². The number of hydrogen-bond acceptors (Lipinski definition) is 7. The molecule has 2 heterocycles. The Bertz CT molecular complexity index is 1640. The fourth-order valence-electron chi connectivity index (χ4n) is 4.38. The van der Waals surface area contributed by atoms with Crippen LogP contribution in [-0.2, 0) is 9.53 Å². The van der Waals surface area contributed by atoms with Gasteiger partial charge in [-0.2, -0.15) is 0 Å². The molecule has 1 atom stereocenters. The molecular weight excluding hydrogens is 567 g/mol. The summed E-state index contributed by atoms with van der Waals surface area (Å²) in [6.45, 7) is 10.6. The molecule has 0 bridgehead atoms. The van der Waals surface area contributed by atoms with Crippen molar-refractivity contribution in [2.75, 3.05) is 20.3 Å². The van der Waals surface area contributed by atoms with Gasteiger partial charge in [-0.15, -0.1) is 0 Å². The Morgan fingerprint density at radius 1 is 1.17 bits per heavy atom. The molecule has 41 heavy (non-hydrogen) atoms. The van der Waals surface area contributed by atoms with Crippen LogP contribution in [0.1, 0.15) is 58.2 Å². The van der Waals surface area contributed by atoms with Crippen molar-refractivity contribution in [2.24, 2.45) is 16.8 Å². The predicted octanol–water partition coefficient (Wildman–Crippen LogP) is 5.66. The quantitative estimate of drug-likeness (QED) is 0.281. The Hall–Kier alpha value is -3.43. The summed E-state index contributed by atoms with van der Waals surface area (Å²) in [5.41, 5.74) is 0.949. The number of ether oxygens (including phenoxy) is 3. The summed E-state index contributed by atoms with van der Waals surface area (Å²) in [6, 6.07) is 8.81. The van der Waals surface area contributed by atoms with Crippen molar-refractivity contribution in [3.8, 4) is 11.5 Å². The average Bonchev–Trinajstić information content (AvgIpc) is 3.22. The highest BCUT2D eigenvalue weighted by atomic mass is 35.5. The van der Waals surface area contributed by atoms with Crippen molar-refractivity contribution < 1.29 is 23.4 Å². The molecule has 1 aliphatic heterocycles. The normalized spacial score (nSPS) is 15.3. The molecule has 0 N–H and O–H groups in total. The fraction of sp³-hybridized carbons (Fsp3) is 0.387. The molecule has 218 valence electrons. The minimum Gasteiger partial charge on any atom is -0.493 e. The highest BCUT2D eigenvalue weighted by Gasteiger charge is 2.34. The first-order valence-electron chi connectivity index (χ1n) is 13.5. The summed E-state index contributed by atoms with van der Waals surface area (Å²) in [6.07, 6.45) is 2.29. The molecule has 3 aromatic rings. The average molecular weight is 601 g/mol. The van der Waals surface area contributed by atoms with E-state index in [1.165, 1.54) is 29.9 Å². The molecule has 0 aliphatic carbocycles. The number of allylic oxidation sites excluding steroid dienone is 1. The first-order chi connectivity index (χ1) is 19.5. The van der Waals surface area contributed by atoms with Crippen molar-refractivity contribution in [3.63, 3.8) is 0 Å². The van der Waals surface area contributed by atoms with E-state index in [1.54, 1.807) is 31.2 Å². The highest BCUT2D eigenvalue weighted by molar-refractivity contribution is 7.07. The van der Waals surface area contributed by atoms with Gasteiger partial charge in [0, 0.05) is 5.56 Å². The maximum absolute atomic E-state index is 14.6. The second-order valence-electron chi connectivity index (χ2n) is 10.7. The van der Waals surface area contributed by atoms with Crippen LogP contribution in [0.5, 0.6) is 11.5 Å². The van der Waals surface area contributed by atoms with Gasteiger partial charge >= 0.3 is 5.97 Å². The number of carbonyl (C=O) groups excluding carboxylic acids is 1. The maximum Gasteiger partial charge on any atom is 0.338 e. The molecule has 0 radical (unpaired) electrons. The SMILES string of the molecule is COc1cc(C2C(C(=O)OCC(C)C)=C(C)N=c3sc(=Cc4c(F)cccc4Cl)c(=O)n32)ccc1OCCC(C)C. The molecule has 0 spiro atoms. The Labute approximate surface area is 247 Å². The van der Waals surface area contributed by atoms with Crippen molar-refractivity contribution in [3.05, 3.63) is 89.3 Å². The van der Waals surface area contributed by atoms with Crippen LogP contribution < -0.4 is 24.4 Å². The molecule has 4 rings (SSSR count). The predicted molar refractivity (Wildman–Crippen MR) is 159 cm³/mol. The first-order valence-corrected chi connectivity index (χ1v) is 14.7. The zero-order valence-electron chi connectivity index (χ0n) is 24.0. The van der Waals surface area contributed by atoms with Crippen molar-refractivity contribution in [1.82, 2.24) is 4.57 Å². The number of rotatable bonds is 10. The Morgan fingerprint density at radius 2 is 1.93 bits per heavy atom. The number of benzene rings is 2. The van der Waals surface area contributed by atoms with Crippen molar-refractivity contribution in [1.29, 1.82) is 0 Å². The molecule has 0 saturated carbocycles. The van der Waals surface area contributed by atoms with Gasteiger partial charge in [-0.25, -0.2) is 14.2 Å². The third-order valence-corrected chi connectivity index (χ3v) is 7.83. The molecule has 1 unspecified atom stereocenters. The number of methoxy groups -OCH3 is 1. The van der Waals surface area contributed by atoms with E-state index < -0.39 is 23.4 Å². The van der Waals surface area contributed by atoms with Gasteiger partial charge in [-0.3, -0.25) is 9.36 Å². The molecule has 7 nitrogen and oxygen atoms in total. The van der Waals surface area contributed by atoms with Crippen LogP contribution in [0.3, 0.4) is 0 Å². The van der Waals surface area contributed by atoms with E-state index >= 15 is 0 Å². The van der Waals surface area contributed by atoms with E-state index in [4.69, 9.17) is 25.8 Å². The third kappa shape index (κ3) is 6.73. The summed E-state index contributed by atoms with van der Waals surface area (Å²) < 4.78 is 33.5. The number of thiazole rings is 1. The number of carbonyl (C=O) groups is 1. The number of fused-ring (bicyclic) bond motifs is 1. The fourth-order valence-corrected chi connectivity index (χ4v) is 5.62. The van der Waals surface area contributed by atoms with Crippen LogP contribution >= 0.6 is 22.9 Å². The molecule has 10 heteroatoms. The molecule has 1 aliphatic rings. The minimum absolute atomic E-state index is 0.104. The largest absolute Gasteiger partial charge is 0.493 e. The Balaban J connectivity index is 1.89. The Morgan fingerprint density at radius 3 is 2.59 bits per heavy atom. The number of nitrogens with zero attached hydrogens (tertiary/aromatic N) is 2. The summed E-state index contributed by atoms with van der Waals surface area (Å²) in [5, 5.41) is 0.180. The second-order valence-corrected chi connectivity index (χ2v) is 12.1. The molecular formula is C31H34ClFN2O5S. The van der Waals surface area contributed by atoms with Gasteiger partial charge in [0.05, 0.1) is 47.2 Å². The van der Waals surface area contributed by atoms with Crippen LogP contribution in [0.4, 0.5) is 4.39 Å². The van der Waals surface area contributed by atoms with Crippen LogP contribution in [-0.4, -0.2) is 30.9 Å². The lowest BCUT2D eigenvalue weighted by Gasteiger charge is -2.25. The molecule has 0 fully saturated rings. The van der Waals surface area contributed by atoms with E-state index in [0.717, 1.165) is 17.8 Å². The molecule has 1 aromatic heterocycles. The van der Waals surface area contributed by atoms with Crippen LogP contribution in [0.25, 0.3) is 6.08 Å². The minimum atomic E-state index is -0.859. The lowest BCUT2D eigenvalue weighted by Crippen LogP contribution is -2.40. The highest BCUT2D eigenvalue weighted by Crippen LogP contribution is 2.36. The summed E-state index contributed by atoms with van der Waals surface area (Å²) in [7, 11) is 1.54. The third-order valence-electron chi connectivity index (χ3n) is 6.52. The van der Waals surface area contributed by atoms with Gasteiger partial charge in [0.15, 0.2) is 16.3 Å². The standard InChI is InChI=1S/C31H34ClFN2O5S/c1-17(2)12-13-39-24-11-10-20(14-25(24)38-6)28-27(30(37)40-16-18(3)4)19(5)34-31-35(28)29(36)26(41-31)15-21-22(32)8-7-9-23(21)33/h7-11,14-15,17-18,28H,12-13,16H2,1-6H3. The maximum atomic E-state index is 14.6. The van der Waals surface area contributed by atoms with Crippen LogP contribution in [0.2, 0.25) is 5.02 Å². The lowest BCUT2D eigenvalue weighted by atomic mass is 9.95. The smallest absolute Gasteiger partial charge is 0.338 e. The number of aromatic nitrogens is 1. The molecule has 0 amide bonds. The molecule has 0 saturated heterocycles. The van der Waals surface area contributed by atoms with E-state index in [-0.39, 0.29) is 33.2 Å². The van der Waals surface area contributed by atoms with Crippen LogP contribution in [0.15, 0.2) is 57.5 Å². The van der Waals surface area contributed by atoms with Gasteiger partial charge in [-0.05, 0) is 61.1 Å². The van der Waals surface area contributed by atoms with Gasteiger partial charge in [0.2, 0.25) is 0 Å². The first kappa shape index (κ1) is 30.5. The van der Waals surface area contributed by atoms with Gasteiger partial charge < -0.3 is 14.2 Å².